The van der Waals surface area contributed by atoms with Gasteiger partial charge in [-0.2, -0.15) is 0 Å². The molecular formula is C15H31IN4. The van der Waals surface area contributed by atoms with Gasteiger partial charge in [-0.3, -0.25) is 4.99 Å². The Morgan fingerprint density at radius 1 is 1.25 bits per heavy atom. The number of nitrogens with zero attached hydrogens (tertiary/aromatic N) is 2. The highest BCUT2D eigenvalue weighted by atomic mass is 127. The Morgan fingerprint density at radius 3 is 2.45 bits per heavy atom. The highest BCUT2D eigenvalue weighted by Gasteiger charge is 2.33. The molecule has 118 valence electrons. The van der Waals surface area contributed by atoms with Crippen molar-refractivity contribution in [3.63, 3.8) is 0 Å². The zero-order valence-electron chi connectivity index (χ0n) is 13.2. The molecule has 0 radical (unpaired) electrons. The van der Waals surface area contributed by atoms with E-state index in [1.54, 1.807) is 0 Å². The summed E-state index contributed by atoms with van der Waals surface area (Å²) in [6.07, 6.45) is 5.23. The van der Waals surface area contributed by atoms with Gasteiger partial charge in [-0.25, -0.2) is 0 Å². The van der Waals surface area contributed by atoms with Crippen LogP contribution in [0.2, 0.25) is 0 Å². The predicted molar refractivity (Wildman–Crippen MR) is 96.9 cm³/mol. The van der Waals surface area contributed by atoms with Gasteiger partial charge in [-0.15, -0.1) is 24.0 Å². The van der Waals surface area contributed by atoms with Crippen LogP contribution in [0.3, 0.4) is 0 Å². The van der Waals surface area contributed by atoms with Crippen molar-refractivity contribution in [2.75, 3.05) is 33.2 Å². The summed E-state index contributed by atoms with van der Waals surface area (Å²) in [4.78, 5) is 6.88. The molecule has 4 nitrogen and oxygen atoms in total. The monoisotopic (exact) mass is 394 g/mol. The maximum atomic E-state index is 4.28. The lowest BCUT2D eigenvalue weighted by Gasteiger charge is -2.30. The van der Waals surface area contributed by atoms with Gasteiger partial charge >= 0.3 is 0 Å². The van der Waals surface area contributed by atoms with Crippen molar-refractivity contribution in [1.29, 1.82) is 0 Å². The molecule has 0 bridgehead atoms. The zero-order valence-corrected chi connectivity index (χ0v) is 15.5. The fourth-order valence-corrected chi connectivity index (χ4v) is 2.69. The number of rotatable bonds is 5. The van der Waals surface area contributed by atoms with Crippen LogP contribution < -0.4 is 10.6 Å². The fraction of sp³-hybridized carbons (Fsp3) is 0.933. The highest BCUT2D eigenvalue weighted by Crippen LogP contribution is 2.28. The molecule has 1 heterocycles. The van der Waals surface area contributed by atoms with E-state index in [0.29, 0.717) is 6.04 Å². The second-order valence-corrected chi connectivity index (χ2v) is 6.34. The number of piperidine rings is 1. The van der Waals surface area contributed by atoms with Gasteiger partial charge in [-0.05, 0) is 57.2 Å². The van der Waals surface area contributed by atoms with Crippen LogP contribution in [0.25, 0.3) is 0 Å². The third-order valence-electron chi connectivity index (χ3n) is 4.48. The van der Waals surface area contributed by atoms with Crippen LogP contribution in [0.1, 0.15) is 39.5 Å². The highest BCUT2D eigenvalue weighted by molar-refractivity contribution is 14.0. The molecule has 0 spiro atoms. The van der Waals surface area contributed by atoms with Crippen LogP contribution >= 0.6 is 24.0 Å². The number of aliphatic imine (C=N–C) groups is 1. The molecule has 20 heavy (non-hydrogen) atoms. The summed E-state index contributed by atoms with van der Waals surface area (Å²) in [7, 11) is 1.86. The quantitative estimate of drug-likeness (QED) is 0.325. The lowest BCUT2D eigenvalue weighted by atomic mass is 9.99. The lowest BCUT2D eigenvalue weighted by molar-refractivity contribution is 0.191. The van der Waals surface area contributed by atoms with Gasteiger partial charge < -0.3 is 15.5 Å². The van der Waals surface area contributed by atoms with Gasteiger partial charge in [0.25, 0.3) is 0 Å². The van der Waals surface area contributed by atoms with E-state index in [2.05, 4.69) is 34.4 Å². The summed E-state index contributed by atoms with van der Waals surface area (Å²) in [6.45, 7) is 9.46. The standard InChI is InChI=1S/C15H30N4.HI/c1-12-5-9-19(10-6-12)8-4-7-17-15(16-3)18-14-11-13(14)2;/h12-14H,4-11H2,1-3H3,(H2,16,17,18);1H. The SMILES string of the molecule is CN=C(NCCCN1CCC(C)CC1)NC1CC1C.I. The molecular weight excluding hydrogens is 363 g/mol. The molecule has 1 aliphatic heterocycles. The Kier molecular flexibility index (Phi) is 8.17. The Hall–Kier alpha value is -0.0400. The predicted octanol–water partition coefficient (Wildman–Crippen LogP) is 2.30. The van der Waals surface area contributed by atoms with E-state index in [9.17, 15) is 0 Å². The molecule has 0 aromatic rings. The molecule has 0 aromatic carbocycles. The maximum absolute atomic E-state index is 4.28. The van der Waals surface area contributed by atoms with Crippen molar-refractivity contribution in [2.45, 2.75) is 45.6 Å². The summed E-state index contributed by atoms with van der Waals surface area (Å²) in [5, 5.41) is 6.88. The minimum atomic E-state index is 0. The normalized spacial score (nSPS) is 27.9. The van der Waals surface area contributed by atoms with Crippen LogP contribution in [-0.2, 0) is 0 Å². The van der Waals surface area contributed by atoms with E-state index < -0.39 is 0 Å². The van der Waals surface area contributed by atoms with E-state index in [1.807, 2.05) is 7.05 Å². The first-order valence-electron chi connectivity index (χ1n) is 7.88. The van der Waals surface area contributed by atoms with Gasteiger partial charge in [0.15, 0.2) is 5.96 Å². The first-order chi connectivity index (χ1) is 9.19. The van der Waals surface area contributed by atoms with Crippen molar-refractivity contribution in [1.82, 2.24) is 15.5 Å². The Balaban J connectivity index is 0.00000200. The van der Waals surface area contributed by atoms with E-state index in [1.165, 1.54) is 45.3 Å². The molecule has 5 heteroatoms. The van der Waals surface area contributed by atoms with Crippen LogP contribution in [-0.4, -0.2) is 50.1 Å². The molecule has 2 atom stereocenters. The number of halogens is 1. The molecule has 0 aromatic heterocycles. The summed E-state index contributed by atoms with van der Waals surface area (Å²) in [5.41, 5.74) is 0. The lowest BCUT2D eigenvalue weighted by Crippen LogP contribution is -2.41. The van der Waals surface area contributed by atoms with Crippen molar-refractivity contribution in [3.05, 3.63) is 0 Å². The first kappa shape index (κ1) is 18.0. The van der Waals surface area contributed by atoms with Gasteiger partial charge in [0.1, 0.15) is 0 Å². The van der Waals surface area contributed by atoms with Gasteiger partial charge in [-0.1, -0.05) is 13.8 Å². The Morgan fingerprint density at radius 2 is 1.90 bits per heavy atom. The average Bonchev–Trinajstić information content (AvgIpc) is 3.11. The summed E-state index contributed by atoms with van der Waals surface area (Å²) in [6, 6.07) is 0.648. The molecule has 2 fully saturated rings. The second kappa shape index (κ2) is 9.07. The molecule has 1 aliphatic carbocycles. The molecule has 2 unspecified atom stereocenters. The van der Waals surface area contributed by atoms with E-state index in [0.717, 1.165) is 24.3 Å². The topological polar surface area (TPSA) is 39.7 Å². The van der Waals surface area contributed by atoms with Crippen LogP contribution in [0, 0.1) is 11.8 Å². The number of guanidine groups is 1. The first-order valence-corrected chi connectivity index (χ1v) is 7.88. The summed E-state index contributed by atoms with van der Waals surface area (Å²) < 4.78 is 0. The third-order valence-corrected chi connectivity index (χ3v) is 4.48. The summed E-state index contributed by atoms with van der Waals surface area (Å²) >= 11 is 0. The molecule has 2 aliphatic rings. The largest absolute Gasteiger partial charge is 0.356 e. The average molecular weight is 394 g/mol. The number of nitrogens with one attached hydrogen (secondary N) is 2. The molecule has 1 saturated carbocycles. The van der Waals surface area contributed by atoms with Gasteiger partial charge in [0, 0.05) is 19.6 Å². The van der Waals surface area contributed by atoms with Gasteiger partial charge in [0.2, 0.25) is 0 Å². The molecule has 2 N–H and O–H groups in total. The minimum absolute atomic E-state index is 0. The zero-order chi connectivity index (χ0) is 13.7. The Labute approximate surface area is 141 Å². The smallest absolute Gasteiger partial charge is 0.191 e. The molecule has 1 saturated heterocycles. The van der Waals surface area contributed by atoms with Crippen molar-refractivity contribution >= 4 is 29.9 Å². The van der Waals surface area contributed by atoms with Gasteiger partial charge in [0.05, 0.1) is 0 Å². The number of hydrogen-bond donors (Lipinski definition) is 2. The van der Waals surface area contributed by atoms with Crippen molar-refractivity contribution < 1.29 is 0 Å². The number of likely N-dealkylation sites (tertiary alicyclic amines) is 1. The maximum Gasteiger partial charge on any atom is 0.191 e. The van der Waals surface area contributed by atoms with Crippen LogP contribution in [0.15, 0.2) is 4.99 Å². The summed E-state index contributed by atoms with van der Waals surface area (Å²) in [5.74, 6) is 2.72. The van der Waals surface area contributed by atoms with Crippen LogP contribution in [0.5, 0.6) is 0 Å². The van der Waals surface area contributed by atoms with Crippen molar-refractivity contribution in [2.24, 2.45) is 16.8 Å². The van der Waals surface area contributed by atoms with E-state index in [-0.39, 0.29) is 24.0 Å². The molecule has 2 rings (SSSR count). The van der Waals surface area contributed by atoms with Crippen LogP contribution in [0.4, 0.5) is 0 Å². The fourth-order valence-electron chi connectivity index (χ4n) is 2.69. The minimum Gasteiger partial charge on any atom is -0.356 e. The Bertz CT molecular complexity index is 300. The third kappa shape index (κ3) is 6.16. The van der Waals surface area contributed by atoms with E-state index in [4.69, 9.17) is 0 Å². The van der Waals surface area contributed by atoms with Crippen molar-refractivity contribution in [3.8, 4) is 0 Å². The number of hydrogen-bond acceptors (Lipinski definition) is 2. The second-order valence-electron chi connectivity index (χ2n) is 6.34. The molecule has 0 amide bonds. The van der Waals surface area contributed by atoms with E-state index >= 15 is 0 Å².